The van der Waals surface area contributed by atoms with Gasteiger partial charge < -0.3 is 15.1 Å². The molecule has 2 aromatic heterocycles. The molecular weight excluding hydrogens is 312 g/mol. The Balaban J connectivity index is 1.36. The Morgan fingerprint density at radius 2 is 1.87 bits per heavy atom. The molecule has 2 aliphatic rings. The summed E-state index contributed by atoms with van der Waals surface area (Å²) in [6.45, 7) is 2.87. The van der Waals surface area contributed by atoms with Crippen LogP contribution in [0.5, 0.6) is 0 Å². The first kappa shape index (κ1) is 14.4. The minimum atomic E-state index is 0.0694. The molecule has 1 aliphatic heterocycles. The first-order valence-electron chi connectivity index (χ1n) is 7.83. The molecule has 0 spiro atoms. The monoisotopic (exact) mass is 330 g/mol. The van der Waals surface area contributed by atoms with Crippen LogP contribution in [0.2, 0.25) is 0 Å². The number of aromatic nitrogens is 3. The first-order valence-corrected chi connectivity index (χ1v) is 8.65. The van der Waals surface area contributed by atoms with E-state index in [4.69, 9.17) is 0 Å². The summed E-state index contributed by atoms with van der Waals surface area (Å²) in [7, 11) is 0. The van der Waals surface area contributed by atoms with E-state index in [1.165, 1.54) is 24.2 Å². The molecule has 1 aliphatic carbocycles. The highest BCUT2D eigenvalue weighted by Gasteiger charge is 2.26. The van der Waals surface area contributed by atoms with Crippen molar-refractivity contribution in [3.8, 4) is 0 Å². The summed E-state index contributed by atoms with van der Waals surface area (Å²) < 4.78 is 0. The maximum Gasteiger partial charge on any atom is 0.265 e. The SMILES string of the molecule is O=C(c1cnc(NC2CC2)s1)N1CCN(c2ncccn2)CC1. The van der Waals surface area contributed by atoms with Gasteiger partial charge in [0.25, 0.3) is 5.91 Å². The van der Waals surface area contributed by atoms with Gasteiger partial charge in [-0.05, 0) is 18.9 Å². The van der Waals surface area contributed by atoms with Crippen molar-refractivity contribution in [1.82, 2.24) is 19.9 Å². The predicted molar refractivity (Wildman–Crippen MR) is 88.9 cm³/mol. The quantitative estimate of drug-likeness (QED) is 0.915. The van der Waals surface area contributed by atoms with Gasteiger partial charge in [0.1, 0.15) is 4.88 Å². The van der Waals surface area contributed by atoms with Crippen molar-refractivity contribution in [2.24, 2.45) is 0 Å². The number of nitrogens with zero attached hydrogens (tertiary/aromatic N) is 5. The molecule has 0 bridgehead atoms. The highest BCUT2D eigenvalue weighted by Crippen LogP contribution is 2.28. The first-order chi connectivity index (χ1) is 11.3. The van der Waals surface area contributed by atoms with Crippen molar-refractivity contribution >= 4 is 28.3 Å². The highest BCUT2D eigenvalue weighted by atomic mass is 32.1. The molecule has 3 heterocycles. The summed E-state index contributed by atoms with van der Waals surface area (Å²) >= 11 is 1.45. The van der Waals surface area contributed by atoms with Crippen molar-refractivity contribution in [2.75, 3.05) is 36.4 Å². The zero-order valence-corrected chi connectivity index (χ0v) is 13.5. The van der Waals surface area contributed by atoms with E-state index in [2.05, 4.69) is 25.2 Å². The topological polar surface area (TPSA) is 74.2 Å². The molecule has 2 aromatic rings. The molecule has 1 saturated heterocycles. The van der Waals surface area contributed by atoms with Crippen LogP contribution in [0.1, 0.15) is 22.5 Å². The number of anilines is 2. The van der Waals surface area contributed by atoms with Crippen LogP contribution in [-0.4, -0.2) is 58.0 Å². The molecular formula is C15H18N6OS. The maximum atomic E-state index is 12.6. The van der Waals surface area contributed by atoms with Gasteiger partial charge in [0.2, 0.25) is 5.95 Å². The van der Waals surface area contributed by atoms with Gasteiger partial charge in [-0.2, -0.15) is 0 Å². The van der Waals surface area contributed by atoms with Gasteiger partial charge in [-0.3, -0.25) is 4.79 Å². The fraction of sp³-hybridized carbons (Fsp3) is 0.467. The van der Waals surface area contributed by atoms with Crippen LogP contribution in [0.25, 0.3) is 0 Å². The van der Waals surface area contributed by atoms with Crippen LogP contribution in [0.15, 0.2) is 24.7 Å². The van der Waals surface area contributed by atoms with E-state index >= 15 is 0 Å². The molecule has 0 unspecified atom stereocenters. The molecule has 0 radical (unpaired) electrons. The Labute approximate surface area is 138 Å². The van der Waals surface area contributed by atoms with E-state index in [1.807, 2.05) is 4.90 Å². The number of thiazole rings is 1. The molecule has 23 heavy (non-hydrogen) atoms. The standard InChI is InChI=1S/C15H18N6OS/c22-13(12-10-18-15(23-12)19-11-2-3-11)20-6-8-21(9-7-20)14-16-4-1-5-17-14/h1,4-5,10-11H,2-3,6-9H2,(H,18,19). The molecule has 0 atom stereocenters. The smallest absolute Gasteiger partial charge is 0.265 e. The summed E-state index contributed by atoms with van der Waals surface area (Å²) in [5.74, 6) is 0.799. The van der Waals surface area contributed by atoms with E-state index in [-0.39, 0.29) is 5.91 Å². The number of carbonyl (C=O) groups excluding carboxylic acids is 1. The van der Waals surface area contributed by atoms with Crippen molar-refractivity contribution in [3.63, 3.8) is 0 Å². The van der Waals surface area contributed by atoms with Crippen LogP contribution >= 0.6 is 11.3 Å². The third-order valence-corrected chi connectivity index (χ3v) is 4.94. The average Bonchev–Trinajstić information content (AvgIpc) is 3.30. The van der Waals surface area contributed by atoms with Crippen molar-refractivity contribution in [3.05, 3.63) is 29.5 Å². The van der Waals surface area contributed by atoms with Crippen LogP contribution < -0.4 is 10.2 Å². The number of piperazine rings is 1. The molecule has 120 valence electrons. The Morgan fingerprint density at radius 1 is 1.13 bits per heavy atom. The predicted octanol–water partition coefficient (Wildman–Crippen LogP) is 1.47. The normalized spacial score (nSPS) is 18.1. The molecule has 1 amide bonds. The van der Waals surface area contributed by atoms with E-state index < -0.39 is 0 Å². The third-order valence-electron chi connectivity index (χ3n) is 4.02. The summed E-state index contributed by atoms with van der Waals surface area (Å²) in [6.07, 6.45) is 7.57. The fourth-order valence-corrected chi connectivity index (χ4v) is 3.42. The summed E-state index contributed by atoms with van der Waals surface area (Å²) in [5.41, 5.74) is 0. The second-order valence-corrected chi connectivity index (χ2v) is 6.81. The molecule has 2 fully saturated rings. The highest BCUT2D eigenvalue weighted by molar-refractivity contribution is 7.17. The van der Waals surface area contributed by atoms with Crippen LogP contribution in [-0.2, 0) is 0 Å². The number of carbonyl (C=O) groups is 1. The second kappa shape index (κ2) is 6.11. The lowest BCUT2D eigenvalue weighted by molar-refractivity contribution is 0.0751. The molecule has 1 saturated carbocycles. The van der Waals surface area contributed by atoms with Gasteiger partial charge in [-0.1, -0.05) is 11.3 Å². The van der Waals surface area contributed by atoms with Crippen LogP contribution in [0.4, 0.5) is 11.1 Å². The lowest BCUT2D eigenvalue weighted by Gasteiger charge is -2.34. The largest absolute Gasteiger partial charge is 0.359 e. The van der Waals surface area contributed by atoms with Crippen molar-refractivity contribution in [2.45, 2.75) is 18.9 Å². The fourth-order valence-electron chi connectivity index (χ4n) is 2.56. The third kappa shape index (κ3) is 3.26. The number of nitrogens with one attached hydrogen (secondary N) is 1. The Bertz CT molecular complexity index is 678. The Kier molecular flexibility index (Phi) is 3.82. The van der Waals surface area contributed by atoms with Gasteiger partial charge in [0.05, 0.1) is 6.20 Å². The minimum absolute atomic E-state index is 0.0694. The van der Waals surface area contributed by atoms with Crippen molar-refractivity contribution < 1.29 is 4.79 Å². The summed E-state index contributed by atoms with van der Waals surface area (Å²) in [4.78, 5) is 30.1. The van der Waals surface area contributed by atoms with Gasteiger partial charge >= 0.3 is 0 Å². The van der Waals surface area contributed by atoms with Gasteiger partial charge in [0, 0.05) is 44.6 Å². The number of amides is 1. The molecule has 4 rings (SSSR count). The maximum absolute atomic E-state index is 12.6. The lowest BCUT2D eigenvalue weighted by atomic mass is 10.3. The summed E-state index contributed by atoms with van der Waals surface area (Å²) in [5, 5.41) is 4.19. The van der Waals surface area contributed by atoms with Gasteiger partial charge in [-0.15, -0.1) is 0 Å². The van der Waals surface area contributed by atoms with Gasteiger partial charge in [-0.25, -0.2) is 15.0 Å². The minimum Gasteiger partial charge on any atom is -0.359 e. The Morgan fingerprint density at radius 3 is 2.57 bits per heavy atom. The van der Waals surface area contributed by atoms with Crippen LogP contribution in [0.3, 0.4) is 0 Å². The van der Waals surface area contributed by atoms with E-state index in [0.29, 0.717) is 24.0 Å². The zero-order valence-electron chi connectivity index (χ0n) is 12.7. The number of hydrogen-bond donors (Lipinski definition) is 1. The second-order valence-electron chi connectivity index (χ2n) is 5.78. The lowest BCUT2D eigenvalue weighted by Crippen LogP contribution is -2.49. The molecule has 1 N–H and O–H groups in total. The van der Waals surface area contributed by atoms with E-state index in [0.717, 1.165) is 24.2 Å². The summed E-state index contributed by atoms with van der Waals surface area (Å²) in [6, 6.07) is 2.36. The van der Waals surface area contributed by atoms with E-state index in [1.54, 1.807) is 24.7 Å². The molecule has 8 heteroatoms. The van der Waals surface area contributed by atoms with Crippen molar-refractivity contribution in [1.29, 1.82) is 0 Å². The zero-order chi connectivity index (χ0) is 15.6. The van der Waals surface area contributed by atoms with Gasteiger partial charge in [0.15, 0.2) is 5.13 Å². The van der Waals surface area contributed by atoms with E-state index in [9.17, 15) is 4.79 Å². The molecule has 7 nitrogen and oxygen atoms in total. The average molecular weight is 330 g/mol. The molecule has 0 aromatic carbocycles. The number of hydrogen-bond acceptors (Lipinski definition) is 7. The van der Waals surface area contributed by atoms with Crippen LogP contribution in [0, 0.1) is 0 Å². The Hall–Kier alpha value is -2.22. The number of rotatable bonds is 4.